The van der Waals surface area contributed by atoms with Crippen LogP contribution in [0.2, 0.25) is 0 Å². The Morgan fingerprint density at radius 2 is 0.667 bits per heavy atom. The highest BCUT2D eigenvalue weighted by molar-refractivity contribution is 6.17. The number of rotatable bonds is 43. The van der Waals surface area contributed by atoms with Crippen LogP contribution < -0.4 is 5.32 Å². The first-order valence-electron chi connectivity index (χ1n) is 21.0. The number of halogens is 1. The van der Waals surface area contributed by atoms with E-state index in [0.717, 1.165) is 0 Å². The van der Waals surface area contributed by atoms with Gasteiger partial charge in [-0.1, -0.05) is 48.5 Å². The molecule has 17 heteroatoms. The van der Waals surface area contributed by atoms with Crippen LogP contribution in [0.1, 0.15) is 17.0 Å². The third-order valence-electron chi connectivity index (χ3n) is 8.55. The molecule has 0 aromatic heterocycles. The molecule has 2 aromatic rings. The van der Waals surface area contributed by atoms with E-state index in [1.165, 1.54) is 22.3 Å². The first-order valence-corrected chi connectivity index (χ1v) is 21.5. The summed E-state index contributed by atoms with van der Waals surface area (Å²) in [5.41, 5.74) is 4.76. The average molecular weight is 874 g/mol. The van der Waals surface area contributed by atoms with Crippen molar-refractivity contribution in [3.63, 3.8) is 0 Å². The number of amides is 1. The van der Waals surface area contributed by atoms with Gasteiger partial charge < -0.3 is 71.6 Å². The monoisotopic (exact) mass is 873 g/mol. The second-order valence-corrected chi connectivity index (χ2v) is 13.3. The number of alkyl carbamates (subject to hydrolysis) is 1. The highest BCUT2D eigenvalue weighted by Crippen LogP contribution is 2.44. The van der Waals surface area contributed by atoms with Gasteiger partial charge in [0.05, 0.1) is 172 Å². The van der Waals surface area contributed by atoms with E-state index in [4.69, 9.17) is 77.9 Å². The molecule has 0 atom stereocenters. The van der Waals surface area contributed by atoms with E-state index in [9.17, 15) is 4.79 Å². The van der Waals surface area contributed by atoms with Crippen molar-refractivity contribution in [2.75, 3.05) is 191 Å². The predicted molar refractivity (Wildman–Crippen MR) is 224 cm³/mol. The van der Waals surface area contributed by atoms with Gasteiger partial charge in [-0.05, 0) is 22.3 Å². The average Bonchev–Trinajstić information content (AvgIpc) is 3.59. The lowest BCUT2D eigenvalue weighted by atomic mass is 9.98. The highest BCUT2D eigenvalue weighted by Gasteiger charge is 2.29. The number of benzene rings is 2. The second kappa shape index (κ2) is 38.2. The van der Waals surface area contributed by atoms with Crippen LogP contribution in [0.3, 0.4) is 0 Å². The van der Waals surface area contributed by atoms with Crippen molar-refractivity contribution in [2.24, 2.45) is 0 Å². The van der Waals surface area contributed by atoms with Crippen LogP contribution in [0.5, 0.6) is 0 Å². The van der Waals surface area contributed by atoms with Crippen molar-refractivity contribution in [2.45, 2.75) is 5.92 Å². The number of carbonyl (C=O) groups is 1. The SMILES string of the molecule is O=C(NCCOCCOCCOCCOCCOCCOCCOCCOCCOCCOCCOCCOCCOCCCl)OCC1c2ccccc2-c2ccccc21. The van der Waals surface area contributed by atoms with Crippen molar-refractivity contribution in [3.05, 3.63) is 59.7 Å². The van der Waals surface area contributed by atoms with E-state index >= 15 is 0 Å². The van der Waals surface area contributed by atoms with Crippen LogP contribution in [-0.2, 0) is 66.3 Å². The molecule has 16 nitrogen and oxygen atoms in total. The summed E-state index contributed by atoms with van der Waals surface area (Å²) >= 11 is 5.52. The van der Waals surface area contributed by atoms with Crippen molar-refractivity contribution in [1.82, 2.24) is 5.32 Å². The number of fused-ring (bicyclic) bond motifs is 3. The van der Waals surface area contributed by atoms with Gasteiger partial charge in [0, 0.05) is 18.3 Å². The maximum absolute atomic E-state index is 12.3. The summed E-state index contributed by atoms with van der Waals surface area (Å²) in [5, 5.41) is 2.74. The third-order valence-corrected chi connectivity index (χ3v) is 8.70. The van der Waals surface area contributed by atoms with E-state index in [2.05, 4.69) is 29.6 Å². The van der Waals surface area contributed by atoms with Crippen LogP contribution >= 0.6 is 11.6 Å². The molecule has 0 aliphatic heterocycles. The number of nitrogens with one attached hydrogen (secondary N) is 1. The molecule has 60 heavy (non-hydrogen) atoms. The van der Waals surface area contributed by atoms with Gasteiger partial charge >= 0.3 is 6.09 Å². The molecule has 0 saturated heterocycles. The van der Waals surface area contributed by atoms with E-state index in [1.54, 1.807) is 0 Å². The molecular formula is C43H68ClNO15. The molecule has 3 rings (SSSR count). The van der Waals surface area contributed by atoms with Gasteiger partial charge in [0.25, 0.3) is 0 Å². The predicted octanol–water partition coefficient (Wildman–Crippen LogP) is 3.98. The van der Waals surface area contributed by atoms with E-state index in [0.29, 0.717) is 184 Å². The van der Waals surface area contributed by atoms with Gasteiger partial charge in [-0.25, -0.2) is 4.79 Å². The number of carbonyl (C=O) groups excluding carboxylic acids is 1. The lowest BCUT2D eigenvalue weighted by Crippen LogP contribution is -2.29. The molecule has 0 fully saturated rings. The Kier molecular flexibility index (Phi) is 33.0. The van der Waals surface area contributed by atoms with Crippen LogP contribution in [0.4, 0.5) is 4.79 Å². The molecule has 0 unspecified atom stereocenters. The van der Waals surface area contributed by atoms with Crippen LogP contribution in [0, 0.1) is 0 Å². The van der Waals surface area contributed by atoms with Crippen molar-refractivity contribution in [1.29, 1.82) is 0 Å². The van der Waals surface area contributed by atoms with Crippen molar-refractivity contribution in [3.8, 4) is 11.1 Å². The lowest BCUT2D eigenvalue weighted by Gasteiger charge is -2.14. The normalized spacial score (nSPS) is 12.2. The molecule has 1 aliphatic carbocycles. The topological polar surface area (TPSA) is 158 Å². The molecule has 0 bridgehead atoms. The fourth-order valence-electron chi connectivity index (χ4n) is 5.67. The summed E-state index contributed by atoms with van der Waals surface area (Å²) in [6.45, 7) is 13.3. The number of hydrogen-bond donors (Lipinski definition) is 1. The van der Waals surface area contributed by atoms with Gasteiger partial charge in [-0.3, -0.25) is 0 Å². The standard InChI is InChI=1S/C43H68ClNO15/c44-9-11-47-13-15-49-17-19-51-21-23-53-25-27-55-29-31-57-33-35-59-36-34-58-32-30-56-28-26-54-24-22-52-20-18-50-16-14-48-12-10-45-43(46)60-37-42-40-7-3-1-5-38(40)39-6-2-4-8-41(39)42/h1-8,42H,9-37H2,(H,45,46). The van der Waals surface area contributed by atoms with Gasteiger partial charge in [-0.2, -0.15) is 0 Å². The largest absolute Gasteiger partial charge is 0.449 e. The lowest BCUT2D eigenvalue weighted by molar-refractivity contribution is -0.0289. The Bertz CT molecular complexity index is 1250. The molecule has 1 amide bonds. The molecule has 0 saturated carbocycles. The first-order chi connectivity index (χ1) is 29.8. The Morgan fingerprint density at radius 3 is 0.967 bits per heavy atom. The molecule has 2 aromatic carbocycles. The van der Waals surface area contributed by atoms with Crippen molar-refractivity contribution < 1.29 is 71.1 Å². The zero-order chi connectivity index (χ0) is 42.2. The van der Waals surface area contributed by atoms with Gasteiger partial charge in [0.1, 0.15) is 6.61 Å². The van der Waals surface area contributed by atoms with Crippen LogP contribution in [0.15, 0.2) is 48.5 Å². The Hall–Kier alpha value is -2.52. The Labute approximate surface area is 360 Å². The molecule has 342 valence electrons. The summed E-state index contributed by atoms with van der Waals surface area (Å²) in [5.74, 6) is 0.525. The number of hydrogen-bond acceptors (Lipinski definition) is 15. The Balaban J connectivity index is 0.919. The minimum atomic E-state index is -0.455. The molecule has 1 N–H and O–H groups in total. The second-order valence-electron chi connectivity index (χ2n) is 12.9. The smallest absolute Gasteiger partial charge is 0.407 e. The van der Waals surface area contributed by atoms with E-state index in [1.807, 2.05) is 24.3 Å². The van der Waals surface area contributed by atoms with Gasteiger partial charge in [0.2, 0.25) is 0 Å². The summed E-state index contributed by atoms with van der Waals surface area (Å²) in [4.78, 5) is 12.3. The fourth-order valence-corrected chi connectivity index (χ4v) is 5.78. The maximum atomic E-state index is 12.3. The molecule has 0 spiro atoms. The first kappa shape index (κ1) is 51.8. The zero-order valence-electron chi connectivity index (χ0n) is 35.2. The van der Waals surface area contributed by atoms with Gasteiger partial charge in [-0.15, -0.1) is 11.6 Å². The fraction of sp³-hybridized carbons (Fsp3) is 0.698. The molecule has 0 heterocycles. The Morgan fingerprint density at radius 1 is 0.400 bits per heavy atom. The number of alkyl halides is 1. The number of ether oxygens (including phenoxy) is 14. The summed E-state index contributed by atoms with van der Waals surface area (Å²) in [6.07, 6.45) is -0.455. The maximum Gasteiger partial charge on any atom is 0.407 e. The van der Waals surface area contributed by atoms with E-state index in [-0.39, 0.29) is 12.5 Å². The minimum Gasteiger partial charge on any atom is -0.449 e. The third kappa shape index (κ3) is 26.1. The van der Waals surface area contributed by atoms with Crippen molar-refractivity contribution >= 4 is 17.7 Å². The van der Waals surface area contributed by atoms with Crippen LogP contribution in [-0.4, -0.2) is 197 Å². The van der Waals surface area contributed by atoms with Gasteiger partial charge in [0.15, 0.2) is 0 Å². The summed E-state index contributed by atoms with van der Waals surface area (Å²) < 4.78 is 76.6. The minimum absolute atomic E-state index is 0.0338. The molecule has 0 radical (unpaired) electrons. The highest BCUT2D eigenvalue weighted by atomic mass is 35.5. The van der Waals surface area contributed by atoms with Crippen LogP contribution in [0.25, 0.3) is 11.1 Å². The quantitative estimate of drug-likeness (QED) is 0.0754. The van der Waals surface area contributed by atoms with E-state index < -0.39 is 6.09 Å². The zero-order valence-corrected chi connectivity index (χ0v) is 36.0. The molecular weight excluding hydrogens is 806 g/mol. The summed E-state index contributed by atoms with van der Waals surface area (Å²) in [7, 11) is 0. The summed E-state index contributed by atoms with van der Waals surface area (Å²) in [6, 6.07) is 16.5. The molecule has 1 aliphatic rings.